The van der Waals surface area contributed by atoms with Crippen LogP contribution in [0.1, 0.15) is 50.8 Å². The summed E-state index contributed by atoms with van der Waals surface area (Å²) in [6.45, 7) is 8.03. The highest BCUT2D eigenvalue weighted by atomic mass is 16.3. The number of rotatable bonds is 3. The summed E-state index contributed by atoms with van der Waals surface area (Å²) in [6.07, 6.45) is 0.658. The molecule has 4 nitrogen and oxygen atoms in total. The third-order valence-corrected chi connectivity index (χ3v) is 6.33. The van der Waals surface area contributed by atoms with Gasteiger partial charge < -0.3 is 5.11 Å². The average Bonchev–Trinajstić information content (AvgIpc) is 2.69. The van der Waals surface area contributed by atoms with Crippen LogP contribution in [-0.2, 0) is 9.59 Å². The van der Waals surface area contributed by atoms with Gasteiger partial charge in [0, 0.05) is 5.92 Å². The summed E-state index contributed by atoms with van der Waals surface area (Å²) >= 11 is 0. The summed E-state index contributed by atoms with van der Waals surface area (Å²) in [7, 11) is 0. The van der Waals surface area contributed by atoms with E-state index in [-0.39, 0.29) is 29.7 Å². The van der Waals surface area contributed by atoms with Crippen LogP contribution in [0.15, 0.2) is 24.3 Å². The molecule has 23 heavy (non-hydrogen) atoms. The molecule has 1 saturated carbocycles. The van der Waals surface area contributed by atoms with Crippen LogP contribution in [0, 0.1) is 23.7 Å². The van der Waals surface area contributed by atoms with Crippen LogP contribution in [0.5, 0.6) is 0 Å². The number of benzene rings is 1. The molecule has 0 spiro atoms. The van der Waals surface area contributed by atoms with E-state index in [0.717, 1.165) is 24.0 Å². The van der Waals surface area contributed by atoms with Gasteiger partial charge in [0.25, 0.3) is 0 Å². The minimum absolute atomic E-state index is 0.0445. The van der Waals surface area contributed by atoms with E-state index in [2.05, 4.69) is 0 Å². The van der Waals surface area contributed by atoms with Gasteiger partial charge in [-0.3, -0.25) is 14.5 Å². The molecule has 3 rings (SSSR count). The largest absolute Gasteiger partial charge is 0.387 e. The topological polar surface area (TPSA) is 57.6 Å². The van der Waals surface area contributed by atoms with Crippen LogP contribution in [0.4, 0.5) is 0 Å². The van der Waals surface area contributed by atoms with E-state index >= 15 is 0 Å². The number of nitrogens with zero attached hydrogens (tertiary/aromatic N) is 1. The van der Waals surface area contributed by atoms with Crippen molar-refractivity contribution in [1.82, 2.24) is 4.90 Å². The predicted molar refractivity (Wildman–Crippen MR) is 87.5 cm³/mol. The van der Waals surface area contributed by atoms with Gasteiger partial charge in [0.2, 0.25) is 11.8 Å². The zero-order chi connectivity index (χ0) is 17.0. The molecule has 2 fully saturated rings. The van der Waals surface area contributed by atoms with Crippen molar-refractivity contribution in [1.29, 1.82) is 0 Å². The van der Waals surface area contributed by atoms with Crippen LogP contribution >= 0.6 is 0 Å². The van der Waals surface area contributed by atoms with Gasteiger partial charge in [-0.15, -0.1) is 0 Å². The molecule has 2 aliphatic rings. The van der Waals surface area contributed by atoms with Gasteiger partial charge in [0.05, 0.1) is 18.1 Å². The Morgan fingerprint density at radius 1 is 1.22 bits per heavy atom. The van der Waals surface area contributed by atoms with E-state index in [4.69, 9.17) is 0 Å². The highest BCUT2D eigenvalue weighted by molar-refractivity contribution is 6.03. The molecule has 3 atom stereocenters. The number of carbonyl (C=O) groups is 2. The summed E-state index contributed by atoms with van der Waals surface area (Å²) in [5.74, 6) is -0.385. The molecule has 2 amide bonds. The van der Waals surface area contributed by atoms with E-state index < -0.39 is 11.5 Å². The maximum absolute atomic E-state index is 12.9. The number of carbonyl (C=O) groups excluding carboxylic acids is 2. The molecule has 0 radical (unpaired) electrons. The lowest BCUT2D eigenvalue weighted by Crippen LogP contribution is -2.59. The number of hydrogen-bond acceptors (Lipinski definition) is 3. The van der Waals surface area contributed by atoms with E-state index in [0.29, 0.717) is 0 Å². The summed E-state index contributed by atoms with van der Waals surface area (Å²) in [5.41, 5.74) is 1.02. The summed E-state index contributed by atoms with van der Waals surface area (Å²) in [4.78, 5) is 27.0. The highest BCUT2D eigenvalue weighted by Crippen LogP contribution is 2.60. The van der Waals surface area contributed by atoms with Gasteiger partial charge >= 0.3 is 0 Å². The molecule has 1 aliphatic carbocycles. The molecule has 1 N–H and O–H groups in total. The number of imide groups is 1. The Hall–Kier alpha value is -1.68. The number of aryl methyl sites for hydroxylation is 1. The van der Waals surface area contributed by atoms with Crippen molar-refractivity contribution in [2.24, 2.45) is 16.7 Å². The van der Waals surface area contributed by atoms with Crippen molar-refractivity contribution < 1.29 is 14.7 Å². The number of β-amino-alcohol motifs (C(OH)–C–C–N with tert-alkyl or cyclic N) is 1. The van der Waals surface area contributed by atoms with Gasteiger partial charge in [-0.25, -0.2) is 0 Å². The molecule has 1 aliphatic heterocycles. The Morgan fingerprint density at radius 2 is 1.83 bits per heavy atom. The molecule has 1 saturated heterocycles. The van der Waals surface area contributed by atoms with E-state index in [1.807, 2.05) is 52.0 Å². The Balaban J connectivity index is 1.85. The molecular weight excluding hydrogens is 290 g/mol. The first kappa shape index (κ1) is 16.2. The standard InChI is InChI=1S/C19H25NO3/c1-12-5-7-13(8-6-12)15(21)11-20-16(22)14-9-10-19(4,17(20)23)18(14,2)3/h5-8,14-15,21H,9-11H2,1-4H3. The lowest BCUT2D eigenvalue weighted by Gasteiger charge is -2.48. The fourth-order valence-corrected chi connectivity index (χ4v) is 4.14. The van der Waals surface area contributed by atoms with Crippen LogP contribution in [0.3, 0.4) is 0 Å². The number of aliphatic hydroxyl groups excluding tert-OH is 1. The minimum atomic E-state index is -0.840. The second-order valence-electron chi connectivity index (χ2n) is 7.83. The molecule has 1 heterocycles. The Bertz CT molecular complexity index is 649. The Morgan fingerprint density at radius 3 is 2.43 bits per heavy atom. The SMILES string of the molecule is Cc1ccc(C(O)CN2C(=O)C3CCC(C)(C2=O)C3(C)C)cc1. The van der Waals surface area contributed by atoms with Crippen LogP contribution in [-0.4, -0.2) is 28.4 Å². The second-order valence-corrected chi connectivity index (χ2v) is 7.83. The lowest BCUT2D eigenvalue weighted by atomic mass is 9.62. The molecular formula is C19H25NO3. The molecule has 3 unspecified atom stereocenters. The average molecular weight is 315 g/mol. The third-order valence-electron chi connectivity index (χ3n) is 6.33. The highest BCUT2D eigenvalue weighted by Gasteiger charge is 2.64. The predicted octanol–water partition coefficient (Wildman–Crippen LogP) is 2.84. The lowest BCUT2D eigenvalue weighted by molar-refractivity contribution is -0.169. The fraction of sp³-hybridized carbons (Fsp3) is 0.579. The number of amides is 2. The quantitative estimate of drug-likeness (QED) is 0.873. The summed E-state index contributed by atoms with van der Waals surface area (Å²) in [6, 6.07) is 7.54. The van der Waals surface area contributed by atoms with Crippen molar-refractivity contribution >= 4 is 11.8 Å². The fourth-order valence-electron chi connectivity index (χ4n) is 4.14. The zero-order valence-electron chi connectivity index (χ0n) is 14.3. The summed E-state index contributed by atoms with van der Waals surface area (Å²) < 4.78 is 0. The van der Waals surface area contributed by atoms with Crippen molar-refractivity contribution in [3.63, 3.8) is 0 Å². The van der Waals surface area contributed by atoms with Gasteiger partial charge in [-0.2, -0.15) is 0 Å². The van der Waals surface area contributed by atoms with E-state index in [9.17, 15) is 14.7 Å². The van der Waals surface area contributed by atoms with Crippen LogP contribution < -0.4 is 0 Å². The number of likely N-dealkylation sites (tertiary alicyclic amines) is 1. The Kier molecular flexibility index (Phi) is 3.64. The molecule has 0 aromatic heterocycles. The summed E-state index contributed by atoms with van der Waals surface area (Å²) in [5, 5.41) is 10.5. The van der Waals surface area contributed by atoms with Gasteiger partial charge in [0.1, 0.15) is 0 Å². The van der Waals surface area contributed by atoms with Gasteiger partial charge in [-0.05, 0) is 30.7 Å². The van der Waals surface area contributed by atoms with E-state index in [1.165, 1.54) is 4.90 Å². The molecule has 2 bridgehead atoms. The molecule has 1 aromatic carbocycles. The number of hydrogen-bond donors (Lipinski definition) is 1. The van der Waals surface area contributed by atoms with Crippen molar-refractivity contribution in [2.75, 3.05) is 6.54 Å². The molecule has 124 valence electrons. The van der Waals surface area contributed by atoms with E-state index in [1.54, 1.807) is 0 Å². The first-order chi connectivity index (χ1) is 10.7. The molecule has 4 heteroatoms. The first-order valence-electron chi connectivity index (χ1n) is 8.29. The normalized spacial score (nSPS) is 30.7. The maximum Gasteiger partial charge on any atom is 0.235 e. The van der Waals surface area contributed by atoms with Crippen LogP contribution in [0.2, 0.25) is 0 Å². The second kappa shape index (κ2) is 5.17. The van der Waals surface area contributed by atoms with Crippen LogP contribution in [0.25, 0.3) is 0 Å². The van der Waals surface area contributed by atoms with Crippen molar-refractivity contribution in [3.8, 4) is 0 Å². The maximum atomic E-state index is 12.9. The first-order valence-corrected chi connectivity index (χ1v) is 8.29. The van der Waals surface area contributed by atoms with Gasteiger partial charge in [-0.1, -0.05) is 50.6 Å². The third kappa shape index (κ3) is 2.23. The molecule has 1 aromatic rings. The number of aliphatic hydroxyl groups is 1. The number of piperidine rings is 1. The van der Waals surface area contributed by atoms with Crippen molar-refractivity contribution in [2.45, 2.75) is 46.6 Å². The zero-order valence-corrected chi connectivity index (χ0v) is 14.3. The Labute approximate surface area is 137 Å². The van der Waals surface area contributed by atoms with Gasteiger partial charge in [0.15, 0.2) is 0 Å². The smallest absolute Gasteiger partial charge is 0.235 e. The number of fused-ring (bicyclic) bond motifs is 2. The minimum Gasteiger partial charge on any atom is -0.387 e. The monoisotopic (exact) mass is 315 g/mol. The van der Waals surface area contributed by atoms with Crippen molar-refractivity contribution in [3.05, 3.63) is 35.4 Å².